The van der Waals surface area contributed by atoms with Crippen molar-refractivity contribution in [2.24, 2.45) is 11.5 Å². The summed E-state index contributed by atoms with van der Waals surface area (Å²) in [6.07, 6.45) is 8.83. The number of hydrogen-bond donors (Lipinski definition) is 3. The van der Waals surface area contributed by atoms with Crippen molar-refractivity contribution in [3.05, 3.63) is 71.5 Å². The lowest BCUT2D eigenvalue weighted by atomic mass is 10.1. The predicted octanol–water partition coefficient (Wildman–Crippen LogP) is 5.22. The van der Waals surface area contributed by atoms with Crippen LogP contribution in [0.5, 0.6) is 0 Å². The normalized spacial score (nSPS) is 12.5. The zero-order valence-electron chi connectivity index (χ0n) is 16.2. The molecule has 0 aliphatic carbocycles. The smallest absolute Gasteiger partial charge is 0.146 e. The second-order valence-corrected chi connectivity index (χ2v) is 6.52. The fraction of sp³-hybridized carbons (Fsp3) is 0.381. The number of aromatic nitrogens is 1. The monoisotopic (exact) mass is 376 g/mol. The summed E-state index contributed by atoms with van der Waals surface area (Å²) in [5.74, 6) is -1.08. The molecule has 5 N–H and O–H groups in total. The van der Waals surface area contributed by atoms with Crippen LogP contribution < -0.4 is 16.8 Å². The molecule has 1 aromatic heterocycles. The minimum Gasteiger partial charge on any atom is -0.399 e. The topological polar surface area (TPSA) is 77.0 Å². The highest BCUT2D eigenvalue weighted by Crippen LogP contribution is 2.20. The molecular formula is C21H30F2N4. The highest BCUT2D eigenvalue weighted by atomic mass is 19.1. The Labute approximate surface area is 160 Å². The van der Waals surface area contributed by atoms with Crippen LogP contribution in [-0.4, -0.2) is 4.98 Å². The molecule has 148 valence electrons. The largest absolute Gasteiger partial charge is 0.399 e. The van der Waals surface area contributed by atoms with Gasteiger partial charge in [0.05, 0.1) is 23.3 Å². The Morgan fingerprint density at radius 3 is 2.41 bits per heavy atom. The van der Waals surface area contributed by atoms with Gasteiger partial charge in [0.25, 0.3) is 0 Å². The summed E-state index contributed by atoms with van der Waals surface area (Å²) in [5, 5.41) is 2.97. The number of hydrogen-bond acceptors (Lipinski definition) is 4. The number of pyridine rings is 1. The summed E-state index contributed by atoms with van der Waals surface area (Å²) in [7, 11) is 0. The van der Waals surface area contributed by atoms with Crippen LogP contribution in [0.4, 0.5) is 14.5 Å². The first-order chi connectivity index (χ1) is 12.8. The van der Waals surface area contributed by atoms with Crippen LogP contribution in [0.15, 0.2) is 60.0 Å². The summed E-state index contributed by atoms with van der Waals surface area (Å²) in [5.41, 5.74) is 12.7. The van der Waals surface area contributed by atoms with Crippen molar-refractivity contribution in [1.82, 2.24) is 4.98 Å². The Balaban J connectivity index is 2.88. The Morgan fingerprint density at radius 1 is 1.19 bits per heavy atom. The van der Waals surface area contributed by atoms with Crippen molar-refractivity contribution < 1.29 is 8.78 Å². The summed E-state index contributed by atoms with van der Waals surface area (Å²) in [4.78, 5) is 4.21. The van der Waals surface area contributed by atoms with Gasteiger partial charge in [0.2, 0.25) is 0 Å². The number of anilines is 1. The fourth-order valence-electron chi connectivity index (χ4n) is 2.56. The zero-order valence-corrected chi connectivity index (χ0v) is 16.2. The maximum absolute atomic E-state index is 14.3. The molecule has 0 saturated carbocycles. The minimum atomic E-state index is -0.708. The molecule has 0 atom stereocenters. The number of nitrogens with one attached hydrogen (secondary N) is 1. The quantitative estimate of drug-likeness (QED) is 0.366. The number of halogens is 2. The first-order valence-corrected chi connectivity index (χ1v) is 9.15. The Hall–Kier alpha value is -2.63. The van der Waals surface area contributed by atoms with Gasteiger partial charge in [-0.15, -0.1) is 0 Å². The van der Waals surface area contributed by atoms with E-state index >= 15 is 0 Å². The van der Waals surface area contributed by atoms with Crippen LogP contribution in [-0.2, 0) is 6.42 Å². The molecule has 0 aromatic carbocycles. The molecule has 0 bridgehead atoms. The molecule has 0 unspecified atom stereocenters. The second-order valence-electron chi connectivity index (χ2n) is 6.52. The van der Waals surface area contributed by atoms with Crippen molar-refractivity contribution in [3.63, 3.8) is 0 Å². The Bertz CT molecular complexity index is 736. The van der Waals surface area contributed by atoms with E-state index < -0.39 is 5.83 Å². The molecule has 1 aromatic rings. The standard InChI is InChI=1S/C21H30F2N4/c1-5-6-7-8-9-10-21-20(23)11-17(13-26-21)27-16(4)18(14(2)24)12-19(22)15(3)25/h11-13,27H,2-3,5-10,24-25H2,1,4H3/b18-16-,19-12+. The van der Waals surface area contributed by atoms with Gasteiger partial charge in [-0.05, 0) is 25.8 Å². The molecule has 0 amide bonds. The molecular weight excluding hydrogens is 346 g/mol. The second kappa shape index (κ2) is 11.2. The average molecular weight is 376 g/mol. The number of unbranched alkanes of at least 4 members (excludes halogenated alkanes) is 4. The summed E-state index contributed by atoms with van der Waals surface area (Å²) in [6.45, 7) is 10.8. The first kappa shape index (κ1) is 22.4. The van der Waals surface area contributed by atoms with Crippen molar-refractivity contribution >= 4 is 5.69 Å². The molecule has 0 radical (unpaired) electrons. The molecule has 0 fully saturated rings. The van der Waals surface area contributed by atoms with Crippen LogP contribution in [0, 0.1) is 5.82 Å². The molecule has 1 heterocycles. The third kappa shape index (κ3) is 7.64. The van der Waals surface area contributed by atoms with E-state index in [1.807, 2.05) is 0 Å². The van der Waals surface area contributed by atoms with Gasteiger partial charge < -0.3 is 16.8 Å². The maximum atomic E-state index is 14.3. The van der Waals surface area contributed by atoms with Crippen LogP contribution in [0.2, 0.25) is 0 Å². The Morgan fingerprint density at radius 2 is 1.85 bits per heavy atom. The van der Waals surface area contributed by atoms with Crippen molar-refractivity contribution in [2.75, 3.05) is 5.32 Å². The minimum absolute atomic E-state index is 0.147. The highest BCUT2D eigenvalue weighted by Gasteiger charge is 2.09. The molecule has 0 spiro atoms. The third-order valence-electron chi connectivity index (χ3n) is 4.09. The lowest BCUT2D eigenvalue weighted by molar-refractivity contribution is 0.576. The lowest BCUT2D eigenvalue weighted by Crippen LogP contribution is -2.08. The van der Waals surface area contributed by atoms with Gasteiger partial charge in [0.1, 0.15) is 11.6 Å². The molecule has 4 nitrogen and oxygen atoms in total. The van der Waals surface area contributed by atoms with E-state index in [0.29, 0.717) is 29.1 Å². The first-order valence-electron chi connectivity index (χ1n) is 9.15. The van der Waals surface area contributed by atoms with Gasteiger partial charge >= 0.3 is 0 Å². The van der Waals surface area contributed by atoms with E-state index in [2.05, 4.69) is 30.4 Å². The number of allylic oxidation sites excluding steroid dienone is 3. The average Bonchev–Trinajstić information content (AvgIpc) is 2.60. The van der Waals surface area contributed by atoms with Crippen molar-refractivity contribution in [1.29, 1.82) is 0 Å². The Kier molecular flexibility index (Phi) is 9.26. The van der Waals surface area contributed by atoms with E-state index in [0.717, 1.165) is 25.3 Å². The molecule has 0 aliphatic heterocycles. The van der Waals surface area contributed by atoms with Crippen LogP contribution >= 0.6 is 0 Å². The van der Waals surface area contributed by atoms with Gasteiger partial charge in [0, 0.05) is 23.0 Å². The van der Waals surface area contributed by atoms with E-state index in [1.165, 1.54) is 18.9 Å². The molecule has 0 aliphatic rings. The third-order valence-corrected chi connectivity index (χ3v) is 4.09. The summed E-state index contributed by atoms with van der Waals surface area (Å²) in [6, 6.07) is 1.37. The van der Waals surface area contributed by atoms with Gasteiger partial charge in [-0.25, -0.2) is 8.78 Å². The lowest BCUT2D eigenvalue weighted by Gasteiger charge is -2.13. The summed E-state index contributed by atoms with van der Waals surface area (Å²) < 4.78 is 28.0. The molecule has 6 heteroatoms. The van der Waals surface area contributed by atoms with Gasteiger partial charge in [-0.2, -0.15) is 0 Å². The number of aryl methyl sites for hydroxylation is 1. The van der Waals surface area contributed by atoms with Gasteiger partial charge in [-0.3, -0.25) is 4.98 Å². The van der Waals surface area contributed by atoms with E-state index in [9.17, 15) is 8.78 Å². The van der Waals surface area contributed by atoms with E-state index in [1.54, 1.807) is 13.1 Å². The molecule has 1 rings (SSSR count). The number of nitrogens with zero attached hydrogens (tertiary/aromatic N) is 1. The van der Waals surface area contributed by atoms with E-state index in [-0.39, 0.29) is 17.2 Å². The van der Waals surface area contributed by atoms with Crippen molar-refractivity contribution in [2.45, 2.75) is 52.4 Å². The SMILES string of the molecule is C=C(N)C(/C=C(/F)C(=C)N)=C(/C)Nc1cnc(CCCCCCC)c(F)c1. The summed E-state index contributed by atoms with van der Waals surface area (Å²) >= 11 is 0. The predicted molar refractivity (Wildman–Crippen MR) is 109 cm³/mol. The number of rotatable bonds is 11. The molecule has 0 saturated heterocycles. The van der Waals surface area contributed by atoms with Crippen LogP contribution in [0.1, 0.15) is 51.6 Å². The van der Waals surface area contributed by atoms with E-state index in [4.69, 9.17) is 11.5 Å². The highest BCUT2D eigenvalue weighted by molar-refractivity contribution is 5.53. The fourth-order valence-corrected chi connectivity index (χ4v) is 2.56. The maximum Gasteiger partial charge on any atom is 0.146 e. The van der Waals surface area contributed by atoms with Gasteiger partial charge in [-0.1, -0.05) is 45.8 Å². The zero-order chi connectivity index (χ0) is 20.4. The van der Waals surface area contributed by atoms with Crippen LogP contribution in [0.3, 0.4) is 0 Å². The number of nitrogens with two attached hydrogens (primary N) is 2. The molecule has 27 heavy (non-hydrogen) atoms. The van der Waals surface area contributed by atoms with Crippen molar-refractivity contribution in [3.8, 4) is 0 Å². The van der Waals surface area contributed by atoms with Crippen LogP contribution in [0.25, 0.3) is 0 Å². The van der Waals surface area contributed by atoms with Gasteiger partial charge in [0.15, 0.2) is 0 Å².